The first kappa shape index (κ1) is 30.4. The Morgan fingerprint density at radius 1 is 1.23 bits per heavy atom. The molecule has 5 nitrogen and oxygen atoms in total. The molecule has 6 atom stereocenters. The van der Waals surface area contributed by atoms with Gasteiger partial charge in [-0.05, 0) is 84.5 Å². The minimum absolute atomic E-state index is 0. The molecule has 1 aliphatic carbocycles. The fourth-order valence-corrected chi connectivity index (χ4v) is 8.49. The Hall–Kier alpha value is -0.981. The first-order valence-electron chi connectivity index (χ1n) is 19.1. The maximum Gasteiger partial charge on any atom is 0.171 e. The molecule has 251 valence electrons. The predicted octanol–water partition coefficient (Wildman–Crippen LogP) is 9.86. The molecule has 0 saturated carbocycles. The van der Waals surface area contributed by atoms with E-state index in [2.05, 4.69) is 45.2 Å². The summed E-state index contributed by atoms with van der Waals surface area (Å²) in [4.78, 5) is 5.31. The van der Waals surface area contributed by atoms with Crippen LogP contribution in [0.2, 0.25) is 0 Å². The number of thioether (sulfide) groups is 1. The van der Waals surface area contributed by atoms with Crippen LogP contribution in [0.25, 0.3) is 5.32 Å². The Labute approximate surface area is 293 Å². The molecule has 5 aliphatic rings. The number of hydrogen-bond donors (Lipinski definition) is 2. The third-order valence-electron chi connectivity index (χ3n) is 9.48. The van der Waals surface area contributed by atoms with Crippen LogP contribution in [0.15, 0.2) is 50.8 Å². The minimum Gasteiger partial charge on any atom is -0.654 e. The van der Waals surface area contributed by atoms with Gasteiger partial charge in [0.25, 0.3) is 0 Å². The maximum absolute atomic E-state index is 9.88. The van der Waals surface area contributed by atoms with E-state index in [1.165, 1.54) is 0 Å². The van der Waals surface area contributed by atoms with E-state index in [0.717, 1.165) is 66.8 Å². The number of nitrogens with zero attached hydrogens (tertiary/aromatic N) is 2. The molecule has 0 aromatic rings. The van der Waals surface area contributed by atoms with Crippen molar-refractivity contribution < 1.29 is 41.9 Å². The zero-order valence-electron chi connectivity index (χ0n) is 32.7. The van der Waals surface area contributed by atoms with Crippen LogP contribution < -0.4 is 0 Å². The number of fused-ring (bicyclic) bond motifs is 4. The molecule has 0 aromatic heterocycles. The SMILES string of the molecule is CCC(CC)/C(O)=C/[C@@H](O)C(CC)CC.[2H]C([2H])([2H])C1=NC2OC3=C([C@@H]4[N-]CC=C5C=C(C([2H])([2H])C(C)(C)C)S[C@@H]54)[CH-]CCC3C2CC1.[Ir]. The first-order chi connectivity index (χ1) is 22.5. The second-order valence-electron chi connectivity index (χ2n) is 13.6. The number of ether oxygens (including phenoxy) is 1. The molecule has 0 spiro atoms. The van der Waals surface area contributed by atoms with Crippen LogP contribution in [0.5, 0.6) is 0 Å². The Morgan fingerprint density at radius 2 is 1.95 bits per heavy atom. The monoisotopic (exact) mass is 808 g/mol. The third kappa shape index (κ3) is 9.09. The van der Waals surface area contributed by atoms with Crippen molar-refractivity contribution in [3.05, 3.63) is 57.5 Å². The molecule has 0 aromatic carbocycles. The van der Waals surface area contributed by atoms with Crippen LogP contribution in [-0.4, -0.2) is 46.1 Å². The van der Waals surface area contributed by atoms with Crippen molar-refractivity contribution in [2.75, 3.05) is 6.54 Å². The molecule has 1 radical (unpaired) electrons. The minimum atomic E-state index is -2.15. The zero-order chi connectivity index (χ0) is 35.6. The summed E-state index contributed by atoms with van der Waals surface area (Å²) in [5.41, 5.74) is 2.05. The van der Waals surface area contributed by atoms with Crippen molar-refractivity contribution in [3.63, 3.8) is 0 Å². The van der Waals surface area contributed by atoms with E-state index >= 15 is 0 Å². The molecule has 4 heterocycles. The van der Waals surface area contributed by atoms with Crippen molar-refractivity contribution in [1.82, 2.24) is 0 Å². The molecule has 2 N–H and O–H groups in total. The number of aliphatic hydroxyl groups is 2. The molecule has 3 unspecified atom stereocenters. The summed E-state index contributed by atoms with van der Waals surface area (Å²) in [6.07, 6.45) is 12.7. The largest absolute Gasteiger partial charge is 0.654 e. The number of hydrogen-bond acceptors (Lipinski definition) is 5. The zero-order valence-corrected chi connectivity index (χ0v) is 30.9. The smallest absolute Gasteiger partial charge is 0.171 e. The van der Waals surface area contributed by atoms with Crippen molar-refractivity contribution in [2.45, 2.75) is 137 Å². The number of allylic oxidation sites excluding steroid dienone is 4. The van der Waals surface area contributed by atoms with Gasteiger partial charge in [0.1, 0.15) is 0 Å². The predicted molar refractivity (Wildman–Crippen MR) is 183 cm³/mol. The molecule has 0 bridgehead atoms. The van der Waals surface area contributed by atoms with Crippen LogP contribution in [0.3, 0.4) is 0 Å². The van der Waals surface area contributed by atoms with Crippen molar-refractivity contribution in [1.29, 1.82) is 0 Å². The summed E-state index contributed by atoms with van der Waals surface area (Å²) in [6, 6.07) is -0.0801. The van der Waals surface area contributed by atoms with Crippen LogP contribution >= 0.6 is 11.8 Å². The van der Waals surface area contributed by atoms with Crippen LogP contribution in [0.1, 0.15) is 120 Å². The van der Waals surface area contributed by atoms with E-state index in [-0.39, 0.29) is 60.8 Å². The summed E-state index contributed by atoms with van der Waals surface area (Å²) >= 11 is 1.61. The van der Waals surface area contributed by atoms with Gasteiger partial charge in [-0.3, -0.25) is 4.99 Å². The van der Waals surface area contributed by atoms with E-state index in [1.807, 2.05) is 26.8 Å². The molecular formula is C37H58IrN2O3S-2. The summed E-state index contributed by atoms with van der Waals surface area (Å²) in [7, 11) is 0. The standard InChI is InChI=1S/C24H32N2OS.C13H26O2.Ir/c1-14-8-9-18-17-6-5-7-19(21(17)27-23(18)26-14)20-22-15(10-11-25-20)12-16(28-22)13-24(2,3)4;1-5-10(6-2)12(14)9-13(15)11(7-3)8-4;/h7,10,12,17-18,20,22-23H,5-6,8-9,11,13H2,1-4H3;9-12,14-15H,5-8H2,1-4H3;/q-2;;/b;13-9-;/t17?,18?,20-,22-,23?;12-;/m01./s1/i1D3,13D2;;. The molecule has 4 aliphatic heterocycles. The summed E-state index contributed by atoms with van der Waals surface area (Å²) < 4.78 is 47.1. The van der Waals surface area contributed by atoms with E-state index < -0.39 is 31.0 Å². The van der Waals surface area contributed by atoms with Crippen LogP contribution in [-0.2, 0) is 24.8 Å². The van der Waals surface area contributed by atoms with Gasteiger partial charge < -0.3 is 20.3 Å². The summed E-state index contributed by atoms with van der Waals surface area (Å²) in [5.74, 6) is 2.28. The molecule has 1 fully saturated rings. The van der Waals surface area contributed by atoms with Gasteiger partial charge in [-0.15, -0.1) is 36.8 Å². The topological polar surface area (TPSA) is 76.2 Å². The quantitative estimate of drug-likeness (QED) is 0.180. The molecule has 0 amide bonds. The molecule has 7 heteroatoms. The van der Waals surface area contributed by atoms with Gasteiger partial charge in [-0.25, -0.2) is 6.42 Å². The van der Waals surface area contributed by atoms with E-state index in [4.69, 9.17) is 16.9 Å². The average Bonchev–Trinajstić information content (AvgIpc) is 3.64. The van der Waals surface area contributed by atoms with E-state index in [9.17, 15) is 10.2 Å². The summed E-state index contributed by atoms with van der Waals surface area (Å²) in [5, 5.41) is 24.7. The van der Waals surface area contributed by atoms with Gasteiger partial charge in [0.2, 0.25) is 0 Å². The van der Waals surface area contributed by atoms with Gasteiger partial charge in [-0.1, -0.05) is 67.7 Å². The fraction of sp³-hybridized carbons (Fsp3) is 0.730. The Balaban J connectivity index is 0.000000347. The summed E-state index contributed by atoms with van der Waals surface area (Å²) in [6.45, 7) is 12.5. The second-order valence-corrected chi connectivity index (χ2v) is 14.8. The van der Waals surface area contributed by atoms with E-state index in [0.29, 0.717) is 18.7 Å². The average molecular weight is 808 g/mol. The normalized spacial score (nSPS) is 31.0. The Kier molecular flexibility index (Phi) is 11.5. The van der Waals surface area contributed by atoms with Gasteiger partial charge in [-0.2, -0.15) is 5.57 Å². The van der Waals surface area contributed by atoms with Gasteiger partial charge in [0, 0.05) is 49.8 Å². The number of aliphatic imine (C=N–C) groups is 1. The third-order valence-corrected chi connectivity index (χ3v) is 10.7. The van der Waals surface area contributed by atoms with Crippen LogP contribution in [0, 0.1) is 35.5 Å². The fourth-order valence-electron chi connectivity index (χ4n) is 6.98. The molecule has 5 rings (SSSR count). The van der Waals surface area contributed by atoms with E-state index in [1.54, 1.807) is 17.8 Å². The van der Waals surface area contributed by atoms with Crippen molar-refractivity contribution in [2.24, 2.45) is 34.1 Å². The molecular weight excluding hydrogens is 745 g/mol. The Morgan fingerprint density at radius 3 is 2.59 bits per heavy atom. The van der Waals surface area contributed by atoms with Gasteiger partial charge in [0.15, 0.2) is 6.23 Å². The Bertz CT molecular complexity index is 1300. The maximum atomic E-state index is 9.88. The van der Waals surface area contributed by atoms with Crippen LogP contribution in [0.4, 0.5) is 0 Å². The van der Waals surface area contributed by atoms with Crippen molar-refractivity contribution >= 4 is 17.5 Å². The number of aliphatic hydroxyl groups excluding tert-OH is 2. The number of rotatable bonds is 9. The molecule has 1 saturated heterocycles. The molecule has 44 heavy (non-hydrogen) atoms. The van der Waals surface area contributed by atoms with Gasteiger partial charge >= 0.3 is 0 Å². The van der Waals surface area contributed by atoms with Crippen molar-refractivity contribution in [3.8, 4) is 0 Å². The first-order valence-corrected chi connectivity index (χ1v) is 17.5. The van der Waals surface area contributed by atoms with Gasteiger partial charge in [0.05, 0.1) is 11.9 Å². The second kappa shape index (κ2) is 16.7.